The van der Waals surface area contributed by atoms with Gasteiger partial charge in [-0.1, -0.05) is 13.8 Å². The van der Waals surface area contributed by atoms with Crippen LogP contribution < -0.4 is 9.64 Å². The Hall–Kier alpha value is -1.71. The van der Waals surface area contributed by atoms with Gasteiger partial charge < -0.3 is 14.5 Å². The first-order valence-electron chi connectivity index (χ1n) is 6.79. The summed E-state index contributed by atoms with van der Waals surface area (Å²) < 4.78 is 5.16. The van der Waals surface area contributed by atoms with E-state index in [1.54, 1.807) is 7.11 Å². The van der Waals surface area contributed by atoms with Gasteiger partial charge in [0.25, 0.3) is 0 Å². The number of ether oxygens (including phenoxy) is 1. The summed E-state index contributed by atoms with van der Waals surface area (Å²) in [5.41, 5.74) is 1.19. The second-order valence-corrected chi connectivity index (χ2v) is 5.17. The molecule has 0 bridgehead atoms. The molecule has 1 amide bonds. The molecule has 1 aromatic carbocycles. The zero-order chi connectivity index (χ0) is 13.8. The normalized spacial score (nSPS) is 15.8. The largest absolute Gasteiger partial charge is 0.497 e. The number of nitrogens with zero attached hydrogens (tertiary/aromatic N) is 2. The van der Waals surface area contributed by atoms with Gasteiger partial charge in [0.05, 0.1) is 7.11 Å². The van der Waals surface area contributed by atoms with Crippen molar-refractivity contribution in [3.05, 3.63) is 24.3 Å². The third-order valence-corrected chi connectivity index (χ3v) is 3.52. The third-order valence-electron chi connectivity index (χ3n) is 3.52. The van der Waals surface area contributed by atoms with Crippen molar-refractivity contribution >= 4 is 11.6 Å². The number of hydrogen-bond donors (Lipinski definition) is 0. The van der Waals surface area contributed by atoms with Crippen LogP contribution in [-0.4, -0.2) is 44.1 Å². The van der Waals surface area contributed by atoms with Gasteiger partial charge in [-0.05, 0) is 24.3 Å². The van der Waals surface area contributed by atoms with Gasteiger partial charge in [-0.15, -0.1) is 0 Å². The Kier molecular flexibility index (Phi) is 4.30. The maximum Gasteiger partial charge on any atom is 0.225 e. The maximum atomic E-state index is 11.9. The number of carbonyl (C=O) groups excluding carboxylic acids is 1. The Morgan fingerprint density at radius 3 is 2.16 bits per heavy atom. The van der Waals surface area contributed by atoms with E-state index in [1.165, 1.54) is 5.69 Å². The number of hydrogen-bond acceptors (Lipinski definition) is 3. The molecule has 2 rings (SSSR count). The van der Waals surface area contributed by atoms with Crippen molar-refractivity contribution in [3.63, 3.8) is 0 Å². The van der Waals surface area contributed by atoms with Crippen molar-refractivity contribution in [2.24, 2.45) is 5.92 Å². The summed E-state index contributed by atoms with van der Waals surface area (Å²) in [6.45, 7) is 7.32. The van der Waals surface area contributed by atoms with Crippen LogP contribution in [0.2, 0.25) is 0 Å². The molecule has 0 radical (unpaired) electrons. The molecule has 0 spiro atoms. The van der Waals surface area contributed by atoms with Gasteiger partial charge in [0, 0.05) is 37.8 Å². The molecule has 4 heteroatoms. The molecule has 104 valence electrons. The Morgan fingerprint density at radius 1 is 1.11 bits per heavy atom. The fraction of sp³-hybridized carbons (Fsp3) is 0.533. The molecule has 1 aliphatic rings. The highest BCUT2D eigenvalue weighted by molar-refractivity contribution is 5.78. The monoisotopic (exact) mass is 262 g/mol. The quantitative estimate of drug-likeness (QED) is 0.835. The maximum absolute atomic E-state index is 11.9. The first kappa shape index (κ1) is 13.7. The summed E-state index contributed by atoms with van der Waals surface area (Å²) in [6.07, 6.45) is 0. The second kappa shape index (κ2) is 5.95. The lowest BCUT2D eigenvalue weighted by molar-refractivity contribution is -0.134. The Labute approximate surface area is 115 Å². The highest BCUT2D eigenvalue weighted by Crippen LogP contribution is 2.20. The van der Waals surface area contributed by atoms with Gasteiger partial charge >= 0.3 is 0 Å². The van der Waals surface area contributed by atoms with Crippen LogP contribution in [-0.2, 0) is 4.79 Å². The molecule has 1 fully saturated rings. The van der Waals surface area contributed by atoms with Gasteiger partial charge in [-0.25, -0.2) is 0 Å². The first-order chi connectivity index (χ1) is 9.11. The zero-order valence-electron chi connectivity index (χ0n) is 11.9. The van der Waals surface area contributed by atoms with E-state index in [1.807, 2.05) is 30.9 Å². The fourth-order valence-corrected chi connectivity index (χ4v) is 2.34. The van der Waals surface area contributed by atoms with Crippen LogP contribution in [0.3, 0.4) is 0 Å². The number of anilines is 1. The number of amides is 1. The van der Waals surface area contributed by atoms with Crippen LogP contribution in [0, 0.1) is 5.92 Å². The number of carbonyl (C=O) groups is 1. The molecule has 0 unspecified atom stereocenters. The molecule has 1 aromatic rings. The van der Waals surface area contributed by atoms with Crippen LogP contribution in [0.25, 0.3) is 0 Å². The zero-order valence-corrected chi connectivity index (χ0v) is 11.9. The topological polar surface area (TPSA) is 32.8 Å². The van der Waals surface area contributed by atoms with Crippen LogP contribution >= 0.6 is 0 Å². The fourth-order valence-electron chi connectivity index (χ4n) is 2.34. The summed E-state index contributed by atoms with van der Waals surface area (Å²) in [4.78, 5) is 16.2. The molecule has 0 saturated carbocycles. The highest BCUT2D eigenvalue weighted by Gasteiger charge is 2.22. The second-order valence-electron chi connectivity index (χ2n) is 5.17. The number of rotatable bonds is 3. The minimum absolute atomic E-state index is 0.0903. The standard InChI is InChI=1S/C15H22N2O2/c1-12(2)15(18)17-10-8-16(9-11-17)13-4-6-14(19-3)7-5-13/h4-7,12H,8-11H2,1-3H3. The van der Waals surface area contributed by atoms with Gasteiger partial charge in [0.1, 0.15) is 5.75 Å². The lowest BCUT2D eigenvalue weighted by Crippen LogP contribution is -2.49. The van der Waals surface area contributed by atoms with Crippen molar-refractivity contribution in [1.29, 1.82) is 0 Å². The highest BCUT2D eigenvalue weighted by atomic mass is 16.5. The summed E-state index contributed by atoms with van der Waals surface area (Å²) in [5.74, 6) is 1.22. The lowest BCUT2D eigenvalue weighted by Gasteiger charge is -2.36. The molecule has 1 saturated heterocycles. The smallest absolute Gasteiger partial charge is 0.225 e. The van der Waals surface area contributed by atoms with Crippen molar-refractivity contribution in [3.8, 4) is 5.75 Å². The summed E-state index contributed by atoms with van der Waals surface area (Å²) in [5, 5.41) is 0. The Morgan fingerprint density at radius 2 is 1.68 bits per heavy atom. The minimum Gasteiger partial charge on any atom is -0.497 e. The minimum atomic E-state index is 0.0903. The molecule has 1 heterocycles. The molecule has 0 aromatic heterocycles. The van der Waals surface area contributed by atoms with E-state index in [0.717, 1.165) is 31.9 Å². The molecule has 4 nitrogen and oxygen atoms in total. The molecule has 19 heavy (non-hydrogen) atoms. The van der Waals surface area contributed by atoms with E-state index in [0.29, 0.717) is 0 Å². The van der Waals surface area contributed by atoms with Gasteiger partial charge in [-0.2, -0.15) is 0 Å². The van der Waals surface area contributed by atoms with E-state index in [9.17, 15) is 4.79 Å². The predicted octanol–water partition coefficient (Wildman–Crippen LogP) is 2.00. The van der Waals surface area contributed by atoms with Crippen LogP contribution in [0.1, 0.15) is 13.8 Å². The first-order valence-corrected chi connectivity index (χ1v) is 6.79. The van der Waals surface area contributed by atoms with Crippen LogP contribution in [0.4, 0.5) is 5.69 Å². The third kappa shape index (κ3) is 3.19. The lowest BCUT2D eigenvalue weighted by atomic mass is 10.1. The van der Waals surface area contributed by atoms with E-state index in [2.05, 4.69) is 17.0 Å². The average Bonchev–Trinajstić information content (AvgIpc) is 2.46. The van der Waals surface area contributed by atoms with Crippen LogP contribution in [0.15, 0.2) is 24.3 Å². The average molecular weight is 262 g/mol. The van der Waals surface area contributed by atoms with E-state index in [4.69, 9.17) is 4.74 Å². The molecule has 1 aliphatic heterocycles. The molecule has 0 atom stereocenters. The van der Waals surface area contributed by atoms with E-state index < -0.39 is 0 Å². The molecular weight excluding hydrogens is 240 g/mol. The summed E-state index contributed by atoms with van der Waals surface area (Å²) in [7, 11) is 1.67. The van der Waals surface area contributed by atoms with E-state index in [-0.39, 0.29) is 11.8 Å². The van der Waals surface area contributed by atoms with Crippen molar-refractivity contribution in [2.75, 3.05) is 38.2 Å². The van der Waals surface area contributed by atoms with Crippen molar-refractivity contribution in [1.82, 2.24) is 4.90 Å². The predicted molar refractivity (Wildman–Crippen MR) is 76.6 cm³/mol. The van der Waals surface area contributed by atoms with Crippen molar-refractivity contribution < 1.29 is 9.53 Å². The van der Waals surface area contributed by atoms with Gasteiger partial charge in [-0.3, -0.25) is 4.79 Å². The number of methoxy groups -OCH3 is 1. The van der Waals surface area contributed by atoms with Gasteiger partial charge in [0.15, 0.2) is 0 Å². The molecular formula is C15H22N2O2. The molecule has 0 N–H and O–H groups in total. The Bertz CT molecular complexity index is 420. The SMILES string of the molecule is COc1ccc(N2CCN(C(=O)C(C)C)CC2)cc1. The molecule has 0 aliphatic carbocycles. The van der Waals surface area contributed by atoms with E-state index >= 15 is 0 Å². The van der Waals surface area contributed by atoms with Gasteiger partial charge in [0.2, 0.25) is 5.91 Å². The van der Waals surface area contributed by atoms with Crippen LogP contribution in [0.5, 0.6) is 5.75 Å². The summed E-state index contributed by atoms with van der Waals surface area (Å²) >= 11 is 0. The number of piperazine rings is 1. The Balaban J connectivity index is 1.94. The van der Waals surface area contributed by atoms with Crippen molar-refractivity contribution in [2.45, 2.75) is 13.8 Å². The number of benzene rings is 1. The summed E-state index contributed by atoms with van der Waals surface area (Å²) in [6, 6.07) is 8.08.